The number of allylic oxidation sites excluding steroid dienone is 4. The van der Waals surface area contributed by atoms with E-state index in [1.54, 1.807) is 12.1 Å². The quantitative estimate of drug-likeness (QED) is 0.709. The molecule has 2 nitrogen and oxygen atoms in total. The first kappa shape index (κ1) is 11.8. The zero-order valence-corrected chi connectivity index (χ0v) is 11.4. The van der Waals surface area contributed by atoms with Gasteiger partial charge in [-0.2, -0.15) is 0 Å². The number of ketones is 2. The molecule has 3 aliphatic carbocycles. The van der Waals surface area contributed by atoms with E-state index in [-0.39, 0.29) is 11.6 Å². The average molecular weight is 264 g/mol. The third-order valence-corrected chi connectivity index (χ3v) is 4.78. The molecule has 4 rings (SSSR count). The summed E-state index contributed by atoms with van der Waals surface area (Å²) in [5.74, 6) is 0.150. The number of carbonyl (C=O) groups excluding carboxylic acids is 2. The topological polar surface area (TPSA) is 34.1 Å². The van der Waals surface area contributed by atoms with Crippen LogP contribution in [-0.2, 0) is 0 Å². The van der Waals surface area contributed by atoms with Gasteiger partial charge < -0.3 is 0 Å². The Kier molecular flexibility index (Phi) is 2.53. The van der Waals surface area contributed by atoms with Gasteiger partial charge in [-0.3, -0.25) is 9.59 Å². The van der Waals surface area contributed by atoms with Crippen LogP contribution in [0.2, 0.25) is 0 Å². The van der Waals surface area contributed by atoms with Crippen LogP contribution < -0.4 is 0 Å². The lowest BCUT2D eigenvalue weighted by atomic mass is 9.71. The van der Waals surface area contributed by atoms with Crippen molar-refractivity contribution in [2.45, 2.75) is 38.5 Å². The van der Waals surface area contributed by atoms with Gasteiger partial charge in [-0.05, 0) is 44.1 Å². The van der Waals surface area contributed by atoms with Crippen molar-refractivity contribution < 1.29 is 9.59 Å². The minimum absolute atomic E-state index is 0.0734. The first-order valence-electron chi connectivity index (χ1n) is 7.40. The molecular weight excluding hydrogens is 248 g/mol. The first-order chi connectivity index (χ1) is 9.77. The number of benzene rings is 1. The van der Waals surface area contributed by atoms with E-state index in [2.05, 4.69) is 0 Å². The van der Waals surface area contributed by atoms with E-state index < -0.39 is 0 Å². The molecule has 0 unspecified atom stereocenters. The lowest BCUT2D eigenvalue weighted by molar-refractivity contribution is 0.0971. The molecule has 1 aromatic rings. The standard InChI is InChI=1S/C18H16O2/c19-17-13-7-3-4-8-14(13)18(20)16-12-6-2-1-5-11(12)9-10-15(16)17/h3-4,7-8H,1-2,5-6,9-10H2. The van der Waals surface area contributed by atoms with Gasteiger partial charge in [0.2, 0.25) is 0 Å². The van der Waals surface area contributed by atoms with Gasteiger partial charge in [0.05, 0.1) is 0 Å². The molecule has 0 aromatic heterocycles. The second kappa shape index (κ2) is 4.27. The molecule has 0 amide bonds. The number of fused-ring (bicyclic) bond motifs is 2. The highest BCUT2D eigenvalue weighted by molar-refractivity contribution is 6.28. The summed E-state index contributed by atoms with van der Waals surface area (Å²) in [5.41, 5.74) is 5.34. The summed E-state index contributed by atoms with van der Waals surface area (Å²) in [6.07, 6.45) is 6.14. The third kappa shape index (κ3) is 1.51. The van der Waals surface area contributed by atoms with Crippen LogP contribution in [0.5, 0.6) is 0 Å². The molecule has 3 aliphatic rings. The van der Waals surface area contributed by atoms with Gasteiger partial charge in [-0.15, -0.1) is 0 Å². The maximum absolute atomic E-state index is 12.8. The highest BCUT2D eigenvalue weighted by Crippen LogP contribution is 2.43. The van der Waals surface area contributed by atoms with Crippen LogP contribution in [0.1, 0.15) is 59.2 Å². The Labute approximate surface area is 118 Å². The number of carbonyl (C=O) groups is 2. The van der Waals surface area contributed by atoms with E-state index in [0.717, 1.165) is 43.3 Å². The summed E-state index contributed by atoms with van der Waals surface area (Å²) >= 11 is 0. The van der Waals surface area contributed by atoms with Crippen molar-refractivity contribution in [3.63, 3.8) is 0 Å². The molecule has 1 aromatic carbocycles. The van der Waals surface area contributed by atoms with Crippen molar-refractivity contribution in [2.24, 2.45) is 0 Å². The van der Waals surface area contributed by atoms with Crippen LogP contribution in [-0.4, -0.2) is 11.6 Å². The zero-order valence-electron chi connectivity index (χ0n) is 11.4. The van der Waals surface area contributed by atoms with Crippen LogP contribution in [0.25, 0.3) is 0 Å². The molecule has 0 aliphatic heterocycles. The molecular formula is C18H16O2. The van der Waals surface area contributed by atoms with Crippen LogP contribution in [0, 0.1) is 0 Å². The minimum atomic E-state index is 0.0734. The van der Waals surface area contributed by atoms with Gasteiger partial charge in [-0.1, -0.05) is 29.8 Å². The maximum atomic E-state index is 12.8. The summed E-state index contributed by atoms with van der Waals surface area (Å²) in [6, 6.07) is 7.25. The summed E-state index contributed by atoms with van der Waals surface area (Å²) < 4.78 is 0. The molecule has 0 spiro atoms. The molecule has 2 heteroatoms. The number of hydrogen-bond donors (Lipinski definition) is 0. The van der Waals surface area contributed by atoms with Crippen LogP contribution >= 0.6 is 0 Å². The van der Waals surface area contributed by atoms with Gasteiger partial charge in [0, 0.05) is 22.3 Å². The van der Waals surface area contributed by atoms with E-state index in [1.807, 2.05) is 12.1 Å². The van der Waals surface area contributed by atoms with E-state index >= 15 is 0 Å². The SMILES string of the molecule is O=C1C2=C(C(=O)c3ccccc31)C1=C(CCCC1)CC2. The van der Waals surface area contributed by atoms with Crippen molar-refractivity contribution in [3.05, 3.63) is 57.7 Å². The van der Waals surface area contributed by atoms with Gasteiger partial charge in [0.25, 0.3) is 0 Å². The fraction of sp³-hybridized carbons (Fsp3) is 0.333. The maximum Gasteiger partial charge on any atom is 0.194 e. The van der Waals surface area contributed by atoms with Crippen molar-refractivity contribution in [1.29, 1.82) is 0 Å². The Morgan fingerprint density at radius 2 is 1.40 bits per heavy atom. The third-order valence-electron chi connectivity index (χ3n) is 4.78. The number of Topliss-reactive ketones (excluding diaryl/α,β-unsaturated/α-hetero) is 2. The largest absolute Gasteiger partial charge is 0.289 e. The molecule has 100 valence electrons. The predicted octanol–water partition coefficient (Wildman–Crippen LogP) is 4.03. The lowest BCUT2D eigenvalue weighted by Crippen LogP contribution is -2.26. The Hall–Kier alpha value is -1.96. The Morgan fingerprint density at radius 1 is 0.700 bits per heavy atom. The lowest BCUT2D eigenvalue weighted by Gasteiger charge is -2.31. The number of hydrogen-bond acceptors (Lipinski definition) is 2. The summed E-state index contributed by atoms with van der Waals surface area (Å²) in [5, 5.41) is 0. The second-order valence-corrected chi connectivity index (χ2v) is 5.85. The Morgan fingerprint density at radius 3 is 2.20 bits per heavy atom. The Bertz CT molecular complexity index is 704. The van der Waals surface area contributed by atoms with Crippen LogP contribution in [0.15, 0.2) is 46.6 Å². The highest BCUT2D eigenvalue weighted by atomic mass is 16.1. The average Bonchev–Trinajstić information content (AvgIpc) is 2.51. The smallest absolute Gasteiger partial charge is 0.194 e. The van der Waals surface area contributed by atoms with Gasteiger partial charge in [-0.25, -0.2) is 0 Å². The van der Waals surface area contributed by atoms with E-state index in [0.29, 0.717) is 11.1 Å². The van der Waals surface area contributed by atoms with Crippen LogP contribution in [0.4, 0.5) is 0 Å². The summed E-state index contributed by atoms with van der Waals surface area (Å²) in [4.78, 5) is 25.4. The monoisotopic (exact) mass is 264 g/mol. The molecule has 0 bridgehead atoms. The first-order valence-corrected chi connectivity index (χ1v) is 7.40. The van der Waals surface area contributed by atoms with Crippen molar-refractivity contribution in [3.8, 4) is 0 Å². The highest BCUT2D eigenvalue weighted by Gasteiger charge is 2.36. The van der Waals surface area contributed by atoms with Crippen molar-refractivity contribution in [2.75, 3.05) is 0 Å². The van der Waals surface area contributed by atoms with Crippen LogP contribution in [0.3, 0.4) is 0 Å². The van der Waals surface area contributed by atoms with E-state index in [9.17, 15) is 9.59 Å². The molecule has 0 saturated carbocycles. The number of rotatable bonds is 0. The zero-order chi connectivity index (χ0) is 13.7. The van der Waals surface area contributed by atoms with E-state index in [4.69, 9.17) is 0 Å². The minimum Gasteiger partial charge on any atom is -0.289 e. The fourth-order valence-electron chi connectivity index (χ4n) is 3.81. The predicted molar refractivity (Wildman–Crippen MR) is 76.9 cm³/mol. The van der Waals surface area contributed by atoms with Gasteiger partial charge in [0.1, 0.15) is 0 Å². The molecule has 0 heterocycles. The molecule has 0 fully saturated rings. The van der Waals surface area contributed by atoms with Crippen molar-refractivity contribution in [1.82, 2.24) is 0 Å². The second-order valence-electron chi connectivity index (χ2n) is 5.85. The Balaban J connectivity index is 1.94. The molecule has 0 N–H and O–H groups in total. The molecule has 0 saturated heterocycles. The van der Waals surface area contributed by atoms with Crippen molar-refractivity contribution >= 4 is 11.6 Å². The van der Waals surface area contributed by atoms with E-state index in [1.165, 1.54) is 17.6 Å². The molecule has 0 radical (unpaired) electrons. The summed E-state index contributed by atoms with van der Waals surface area (Å²) in [7, 11) is 0. The summed E-state index contributed by atoms with van der Waals surface area (Å²) in [6.45, 7) is 0. The molecule has 20 heavy (non-hydrogen) atoms. The molecule has 0 atom stereocenters. The normalized spacial score (nSPS) is 21.6. The van der Waals surface area contributed by atoms with Gasteiger partial charge >= 0.3 is 0 Å². The fourth-order valence-corrected chi connectivity index (χ4v) is 3.81. The van der Waals surface area contributed by atoms with Gasteiger partial charge in [0.15, 0.2) is 11.6 Å².